The van der Waals surface area contributed by atoms with E-state index in [1.165, 1.54) is 16.6 Å². The number of methoxy groups -OCH3 is 1. The van der Waals surface area contributed by atoms with Gasteiger partial charge in [-0.3, -0.25) is 4.79 Å². The van der Waals surface area contributed by atoms with E-state index in [0.29, 0.717) is 33.2 Å². The second kappa shape index (κ2) is 10.9. The average molecular weight is 526 g/mol. The number of amides is 1. The number of carbonyl (C=O) groups is 1. The molecule has 0 saturated carbocycles. The Morgan fingerprint density at radius 2 is 2.00 bits per heavy atom. The van der Waals surface area contributed by atoms with Gasteiger partial charge in [0.1, 0.15) is 29.2 Å². The fraction of sp³-hybridized carbons (Fsp3) is 0.462. The number of thioether (sulfide) groups is 1. The summed E-state index contributed by atoms with van der Waals surface area (Å²) in [6, 6.07) is 9.64. The Hall–Kier alpha value is -3.03. The molecule has 190 valence electrons. The largest absolute Gasteiger partial charge is 0.497 e. The van der Waals surface area contributed by atoms with Crippen LogP contribution in [-0.4, -0.2) is 33.5 Å². The van der Waals surface area contributed by atoms with Gasteiger partial charge in [-0.1, -0.05) is 32.5 Å². The van der Waals surface area contributed by atoms with Crippen molar-refractivity contribution in [3.05, 3.63) is 46.1 Å². The summed E-state index contributed by atoms with van der Waals surface area (Å²) in [4.78, 5) is 14.0. The number of anilines is 1. The first-order valence-corrected chi connectivity index (χ1v) is 13.6. The number of hydrogen-bond acceptors (Lipinski definition) is 8. The van der Waals surface area contributed by atoms with Crippen LogP contribution in [0.5, 0.6) is 11.5 Å². The number of aromatic nitrogens is 3. The maximum Gasteiger partial charge on any atom is 0.235 e. The van der Waals surface area contributed by atoms with E-state index in [1.54, 1.807) is 18.4 Å². The number of nitrogens with one attached hydrogen (secondary N) is 1. The van der Waals surface area contributed by atoms with Gasteiger partial charge in [-0.05, 0) is 60.4 Å². The van der Waals surface area contributed by atoms with Crippen molar-refractivity contribution in [1.29, 1.82) is 5.26 Å². The number of carbonyl (C=O) groups excluding carboxylic acids is 1. The maximum absolute atomic E-state index is 12.7. The van der Waals surface area contributed by atoms with E-state index in [4.69, 9.17) is 9.47 Å². The van der Waals surface area contributed by atoms with Gasteiger partial charge in [0.25, 0.3) is 0 Å². The van der Waals surface area contributed by atoms with Gasteiger partial charge in [0.15, 0.2) is 11.0 Å². The second-order valence-corrected chi connectivity index (χ2v) is 11.9. The molecular weight excluding hydrogens is 494 g/mol. The SMILES string of the molecule is COc1ccc(OCc2nnc(SCC(=O)Nc3sc4c(c3C#N)CC[C@@H](C(C)(C)C)C4)n2C)cc1. The van der Waals surface area contributed by atoms with Crippen LogP contribution in [0.4, 0.5) is 5.00 Å². The van der Waals surface area contributed by atoms with Crippen LogP contribution < -0.4 is 14.8 Å². The fourth-order valence-electron chi connectivity index (χ4n) is 4.24. The first-order chi connectivity index (χ1) is 17.2. The highest BCUT2D eigenvalue weighted by Gasteiger charge is 2.32. The molecule has 4 rings (SSSR count). The summed E-state index contributed by atoms with van der Waals surface area (Å²) >= 11 is 2.85. The summed E-state index contributed by atoms with van der Waals surface area (Å²) in [7, 11) is 3.47. The van der Waals surface area contributed by atoms with Gasteiger partial charge in [-0.2, -0.15) is 5.26 Å². The van der Waals surface area contributed by atoms with Crippen LogP contribution in [-0.2, 0) is 31.3 Å². The summed E-state index contributed by atoms with van der Waals surface area (Å²) in [6.07, 6.45) is 2.92. The zero-order chi connectivity index (χ0) is 25.9. The molecular formula is C26H31N5O3S2. The molecule has 0 fully saturated rings. The van der Waals surface area contributed by atoms with Crippen molar-refractivity contribution in [1.82, 2.24) is 14.8 Å². The third kappa shape index (κ3) is 5.85. The monoisotopic (exact) mass is 525 g/mol. The molecule has 0 aliphatic heterocycles. The molecule has 36 heavy (non-hydrogen) atoms. The molecule has 1 aliphatic rings. The number of rotatable bonds is 8. The van der Waals surface area contributed by atoms with Crippen molar-refractivity contribution in [2.75, 3.05) is 18.2 Å². The van der Waals surface area contributed by atoms with E-state index in [9.17, 15) is 10.1 Å². The number of fused-ring (bicyclic) bond motifs is 1. The molecule has 2 heterocycles. The van der Waals surface area contributed by atoms with Crippen molar-refractivity contribution in [2.45, 2.75) is 51.8 Å². The molecule has 0 spiro atoms. The van der Waals surface area contributed by atoms with Gasteiger partial charge in [0.05, 0.1) is 18.4 Å². The Labute approximate surface area is 220 Å². The molecule has 1 atom stereocenters. The number of benzene rings is 1. The molecule has 3 aromatic rings. The van der Waals surface area contributed by atoms with E-state index >= 15 is 0 Å². The molecule has 1 aliphatic carbocycles. The molecule has 0 bridgehead atoms. The zero-order valence-corrected chi connectivity index (χ0v) is 22.9. The number of ether oxygens (including phenoxy) is 2. The predicted octanol–water partition coefficient (Wildman–Crippen LogP) is 5.22. The minimum absolute atomic E-state index is 0.165. The molecule has 0 unspecified atom stereocenters. The minimum Gasteiger partial charge on any atom is -0.497 e. The first-order valence-electron chi connectivity index (χ1n) is 11.8. The Morgan fingerprint density at radius 3 is 2.67 bits per heavy atom. The number of nitrogens with zero attached hydrogens (tertiary/aromatic N) is 4. The highest BCUT2D eigenvalue weighted by molar-refractivity contribution is 7.99. The molecule has 8 nitrogen and oxygen atoms in total. The second-order valence-electron chi connectivity index (χ2n) is 9.88. The van der Waals surface area contributed by atoms with Gasteiger partial charge < -0.3 is 19.4 Å². The lowest BCUT2D eigenvalue weighted by atomic mass is 9.72. The third-order valence-corrected chi connectivity index (χ3v) is 8.73. The number of thiophene rings is 1. The van der Waals surface area contributed by atoms with E-state index in [-0.39, 0.29) is 23.7 Å². The van der Waals surface area contributed by atoms with Crippen molar-refractivity contribution >= 4 is 34.0 Å². The van der Waals surface area contributed by atoms with Crippen molar-refractivity contribution in [3.63, 3.8) is 0 Å². The lowest BCUT2D eigenvalue weighted by molar-refractivity contribution is -0.113. The van der Waals surface area contributed by atoms with Gasteiger partial charge in [-0.25, -0.2) is 0 Å². The van der Waals surface area contributed by atoms with Crippen molar-refractivity contribution in [2.24, 2.45) is 18.4 Å². The predicted molar refractivity (Wildman–Crippen MR) is 142 cm³/mol. The molecule has 0 radical (unpaired) electrons. The number of hydrogen-bond donors (Lipinski definition) is 1. The van der Waals surface area contributed by atoms with Crippen molar-refractivity contribution in [3.8, 4) is 17.6 Å². The highest BCUT2D eigenvalue weighted by Crippen LogP contribution is 2.44. The Kier molecular flexibility index (Phi) is 7.91. The molecule has 0 saturated heterocycles. The van der Waals surface area contributed by atoms with E-state index in [1.807, 2.05) is 35.9 Å². The topological polar surface area (TPSA) is 102 Å². The van der Waals surface area contributed by atoms with E-state index in [0.717, 1.165) is 30.6 Å². The Balaban J connectivity index is 1.34. The summed E-state index contributed by atoms with van der Waals surface area (Å²) in [5.74, 6) is 2.70. The van der Waals surface area contributed by atoms with E-state index in [2.05, 4.69) is 42.4 Å². The Bertz CT molecular complexity index is 1270. The Morgan fingerprint density at radius 1 is 1.28 bits per heavy atom. The van der Waals surface area contributed by atoms with Crippen molar-refractivity contribution < 1.29 is 14.3 Å². The molecule has 1 N–H and O–H groups in total. The fourth-order valence-corrected chi connectivity index (χ4v) is 6.26. The zero-order valence-electron chi connectivity index (χ0n) is 21.3. The number of nitriles is 1. The lowest BCUT2D eigenvalue weighted by Crippen LogP contribution is -2.26. The van der Waals surface area contributed by atoms with Crippen LogP contribution in [0.15, 0.2) is 29.4 Å². The van der Waals surface area contributed by atoms with Crippen LogP contribution in [0.2, 0.25) is 0 Å². The summed E-state index contributed by atoms with van der Waals surface area (Å²) in [6.45, 7) is 7.06. The van der Waals surface area contributed by atoms with Crippen LogP contribution in [0.25, 0.3) is 0 Å². The quantitative estimate of drug-likeness (QED) is 0.402. The third-order valence-electron chi connectivity index (χ3n) is 6.54. The first kappa shape index (κ1) is 26.0. The van der Waals surface area contributed by atoms with Crippen LogP contribution in [0.1, 0.15) is 49.0 Å². The minimum atomic E-state index is -0.165. The molecule has 10 heteroatoms. The molecule has 2 aromatic heterocycles. The van der Waals surface area contributed by atoms with Gasteiger partial charge in [0, 0.05) is 11.9 Å². The lowest BCUT2D eigenvalue weighted by Gasteiger charge is -2.33. The molecule has 1 amide bonds. The van der Waals surface area contributed by atoms with Crippen LogP contribution >= 0.6 is 23.1 Å². The van der Waals surface area contributed by atoms with Crippen LogP contribution in [0.3, 0.4) is 0 Å². The summed E-state index contributed by atoms with van der Waals surface area (Å²) in [5, 5.41) is 22.4. The standard InChI is InChI=1S/C26H31N5O3S2/c1-26(2,3)16-6-11-19-20(13-27)24(36-21(19)12-16)28-23(32)15-35-25-30-29-22(31(25)4)14-34-18-9-7-17(33-5)8-10-18/h7-10,16H,6,11-12,14-15H2,1-5H3,(H,28,32)/t16-/m1/s1. The van der Waals surface area contributed by atoms with Gasteiger partial charge in [0.2, 0.25) is 5.91 Å². The van der Waals surface area contributed by atoms with Crippen LogP contribution in [0, 0.1) is 22.7 Å². The van der Waals surface area contributed by atoms with Gasteiger partial charge >= 0.3 is 0 Å². The van der Waals surface area contributed by atoms with Gasteiger partial charge in [-0.15, -0.1) is 21.5 Å². The maximum atomic E-state index is 12.7. The highest BCUT2D eigenvalue weighted by atomic mass is 32.2. The summed E-state index contributed by atoms with van der Waals surface area (Å²) in [5.41, 5.74) is 1.96. The molecule has 1 aromatic carbocycles. The average Bonchev–Trinajstić information content (AvgIpc) is 3.39. The smallest absolute Gasteiger partial charge is 0.235 e. The van der Waals surface area contributed by atoms with E-state index < -0.39 is 0 Å². The summed E-state index contributed by atoms with van der Waals surface area (Å²) < 4.78 is 12.8. The normalized spacial score (nSPS) is 15.2.